The number of amides is 3. The van der Waals surface area contributed by atoms with E-state index in [2.05, 4.69) is 10.6 Å². The quantitative estimate of drug-likeness (QED) is 0.726. The normalized spacial score (nSPS) is 19.2. The van der Waals surface area contributed by atoms with E-state index >= 15 is 0 Å². The number of carbonyl (C=O) groups is 2. The first-order valence-electron chi connectivity index (χ1n) is 4.93. The smallest absolute Gasteiger partial charge is 0.322 e. The first kappa shape index (κ1) is 10.5. The molecule has 16 heavy (non-hydrogen) atoms. The van der Waals surface area contributed by atoms with Crippen LogP contribution in [0.15, 0.2) is 24.3 Å². The summed E-state index contributed by atoms with van der Waals surface area (Å²) < 4.78 is 5.03. The maximum atomic E-state index is 11.3. The lowest BCUT2D eigenvalue weighted by Gasteiger charge is -2.07. The van der Waals surface area contributed by atoms with Crippen LogP contribution >= 0.6 is 0 Å². The van der Waals surface area contributed by atoms with Crippen LogP contribution in [-0.4, -0.2) is 25.1 Å². The summed E-state index contributed by atoms with van der Waals surface area (Å²) in [6.45, 7) is 0. The number of ether oxygens (including phenoxy) is 1. The summed E-state index contributed by atoms with van der Waals surface area (Å²) in [4.78, 5) is 22.2. The highest BCUT2D eigenvalue weighted by atomic mass is 16.5. The van der Waals surface area contributed by atoms with Crippen LogP contribution in [0.2, 0.25) is 0 Å². The Bertz CT molecular complexity index is 414. The first-order valence-corrected chi connectivity index (χ1v) is 4.93. The highest BCUT2D eigenvalue weighted by Crippen LogP contribution is 2.13. The van der Waals surface area contributed by atoms with Gasteiger partial charge in [-0.3, -0.25) is 10.1 Å². The molecular weight excluding hydrogens is 208 g/mol. The molecule has 1 aliphatic rings. The van der Waals surface area contributed by atoms with Gasteiger partial charge in [0.25, 0.3) is 5.91 Å². The minimum atomic E-state index is -0.471. The largest absolute Gasteiger partial charge is 0.497 e. The average Bonchev–Trinajstić information content (AvgIpc) is 2.59. The van der Waals surface area contributed by atoms with Gasteiger partial charge < -0.3 is 10.1 Å². The molecule has 2 rings (SSSR count). The van der Waals surface area contributed by atoms with Gasteiger partial charge in [-0.05, 0) is 17.7 Å². The van der Waals surface area contributed by atoms with Crippen molar-refractivity contribution in [2.24, 2.45) is 0 Å². The molecule has 1 fully saturated rings. The van der Waals surface area contributed by atoms with E-state index in [1.807, 2.05) is 24.3 Å². The predicted molar refractivity (Wildman–Crippen MR) is 57.2 cm³/mol. The number of hydrogen-bond acceptors (Lipinski definition) is 3. The van der Waals surface area contributed by atoms with Crippen LogP contribution in [0.1, 0.15) is 5.56 Å². The van der Waals surface area contributed by atoms with Gasteiger partial charge >= 0.3 is 6.03 Å². The fourth-order valence-electron chi connectivity index (χ4n) is 1.60. The molecule has 1 aromatic carbocycles. The van der Waals surface area contributed by atoms with E-state index < -0.39 is 12.1 Å². The number of nitrogens with one attached hydrogen (secondary N) is 2. The summed E-state index contributed by atoms with van der Waals surface area (Å²) in [6.07, 6.45) is 0.488. The van der Waals surface area contributed by atoms with Gasteiger partial charge in [-0.2, -0.15) is 0 Å². The van der Waals surface area contributed by atoms with Gasteiger partial charge in [-0.25, -0.2) is 4.79 Å². The maximum absolute atomic E-state index is 11.3. The molecule has 1 aromatic rings. The van der Waals surface area contributed by atoms with Crippen LogP contribution in [0.3, 0.4) is 0 Å². The molecule has 0 aliphatic carbocycles. The van der Waals surface area contributed by atoms with E-state index in [9.17, 15) is 9.59 Å². The summed E-state index contributed by atoms with van der Waals surface area (Å²) in [7, 11) is 1.60. The fourth-order valence-corrected chi connectivity index (χ4v) is 1.60. The third-order valence-electron chi connectivity index (χ3n) is 2.46. The molecule has 1 atom stereocenters. The Kier molecular flexibility index (Phi) is 2.76. The number of imide groups is 1. The molecule has 2 N–H and O–H groups in total. The zero-order chi connectivity index (χ0) is 11.5. The third kappa shape index (κ3) is 2.13. The van der Waals surface area contributed by atoms with Crippen LogP contribution in [0, 0.1) is 0 Å². The van der Waals surface area contributed by atoms with Gasteiger partial charge in [0.15, 0.2) is 0 Å². The molecule has 0 aromatic heterocycles. The Morgan fingerprint density at radius 1 is 1.25 bits per heavy atom. The molecule has 0 radical (unpaired) electrons. The summed E-state index contributed by atoms with van der Waals surface area (Å²) >= 11 is 0. The second-order valence-corrected chi connectivity index (χ2v) is 3.57. The van der Waals surface area contributed by atoms with E-state index in [-0.39, 0.29) is 5.91 Å². The lowest BCUT2D eigenvalue weighted by Crippen LogP contribution is -2.31. The molecule has 0 bridgehead atoms. The van der Waals surface area contributed by atoms with Crippen molar-refractivity contribution in [3.8, 4) is 5.75 Å². The number of urea groups is 1. The lowest BCUT2D eigenvalue weighted by molar-refractivity contribution is -0.120. The van der Waals surface area contributed by atoms with Gasteiger partial charge in [0.05, 0.1) is 7.11 Å². The second kappa shape index (κ2) is 4.22. The van der Waals surface area contributed by atoms with Crippen LogP contribution in [0.5, 0.6) is 5.75 Å². The third-order valence-corrected chi connectivity index (χ3v) is 2.46. The van der Waals surface area contributed by atoms with Gasteiger partial charge in [0.1, 0.15) is 11.8 Å². The van der Waals surface area contributed by atoms with Crippen LogP contribution < -0.4 is 15.4 Å². The van der Waals surface area contributed by atoms with Gasteiger partial charge in [-0.15, -0.1) is 0 Å². The number of rotatable bonds is 3. The Morgan fingerprint density at radius 2 is 1.94 bits per heavy atom. The van der Waals surface area contributed by atoms with E-state index in [0.29, 0.717) is 6.42 Å². The van der Waals surface area contributed by atoms with Crippen molar-refractivity contribution in [2.75, 3.05) is 7.11 Å². The van der Waals surface area contributed by atoms with Crippen molar-refractivity contribution in [1.82, 2.24) is 10.6 Å². The van der Waals surface area contributed by atoms with Crippen LogP contribution in [0.4, 0.5) is 4.79 Å². The number of hydrogen-bond donors (Lipinski definition) is 2. The second-order valence-electron chi connectivity index (χ2n) is 3.57. The maximum Gasteiger partial charge on any atom is 0.322 e. The van der Waals surface area contributed by atoms with Crippen LogP contribution in [-0.2, 0) is 11.2 Å². The van der Waals surface area contributed by atoms with Gasteiger partial charge in [-0.1, -0.05) is 12.1 Å². The SMILES string of the molecule is COc1ccc(C[C@@H]2NC(=O)NC2=O)cc1. The Morgan fingerprint density at radius 3 is 2.44 bits per heavy atom. The molecule has 1 saturated heterocycles. The molecule has 0 saturated carbocycles. The zero-order valence-corrected chi connectivity index (χ0v) is 8.82. The summed E-state index contributed by atoms with van der Waals surface area (Å²) in [5.74, 6) is 0.490. The van der Waals surface area contributed by atoms with Crippen molar-refractivity contribution < 1.29 is 14.3 Å². The predicted octanol–water partition coefficient (Wildman–Crippen LogP) is 0.446. The Labute approximate surface area is 92.8 Å². The zero-order valence-electron chi connectivity index (χ0n) is 8.82. The molecular formula is C11H12N2O3. The molecule has 5 nitrogen and oxygen atoms in total. The molecule has 5 heteroatoms. The minimum absolute atomic E-state index is 0.277. The van der Waals surface area contributed by atoms with Crippen LogP contribution in [0.25, 0.3) is 0 Å². The first-order chi connectivity index (χ1) is 7.69. The molecule has 3 amide bonds. The van der Waals surface area contributed by atoms with E-state index in [1.165, 1.54) is 0 Å². The number of methoxy groups -OCH3 is 1. The summed E-state index contributed by atoms with van der Waals surface area (Å²) in [5, 5.41) is 4.75. The van der Waals surface area contributed by atoms with Crippen molar-refractivity contribution >= 4 is 11.9 Å². The Balaban J connectivity index is 2.03. The summed E-state index contributed by atoms with van der Waals surface area (Å²) in [6, 6.07) is 6.49. The summed E-state index contributed by atoms with van der Waals surface area (Å²) in [5.41, 5.74) is 0.975. The number of benzene rings is 1. The molecule has 1 aliphatic heterocycles. The Hall–Kier alpha value is -2.04. The lowest BCUT2D eigenvalue weighted by atomic mass is 10.1. The molecule has 1 heterocycles. The molecule has 0 unspecified atom stereocenters. The molecule has 84 valence electrons. The van der Waals surface area contributed by atoms with Gasteiger partial charge in [0, 0.05) is 6.42 Å². The fraction of sp³-hybridized carbons (Fsp3) is 0.273. The van der Waals surface area contributed by atoms with E-state index in [0.717, 1.165) is 11.3 Å². The minimum Gasteiger partial charge on any atom is -0.497 e. The highest BCUT2D eigenvalue weighted by Gasteiger charge is 2.29. The van der Waals surface area contributed by atoms with E-state index in [1.54, 1.807) is 7.11 Å². The standard InChI is InChI=1S/C11H12N2O3/c1-16-8-4-2-7(3-5-8)6-9-10(14)13-11(15)12-9/h2-5,9H,6H2,1H3,(H2,12,13,14,15)/t9-/m0/s1. The molecule has 0 spiro atoms. The van der Waals surface area contributed by atoms with Crippen molar-refractivity contribution in [1.29, 1.82) is 0 Å². The van der Waals surface area contributed by atoms with E-state index in [4.69, 9.17) is 4.74 Å². The highest BCUT2D eigenvalue weighted by molar-refractivity contribution is 6.04. The van der Waals surface area contributed by atoms with Crippen molar-refractivity contribution in [3.05, 3.63) is 29.8 Å². The van der Waals surface area contributed by atoms with Crippen molar-refractivity contribution in [3.63, 3.8) is 0 Å². The average molecular weight is 220 g/mol. The van der Waals surface area contributed by atoms with Gasteiger partial charge in [0.2, 0.25) is 0 Å². The van der Waals surface area contributed by atoms with Crippen molar-refractivity contribution in [2.45, 2.75) is 12.5 Å². The monoisotopic (exact) mass is 220 g/mol. The number of carbonyl (C=O) groups excluding carboxylic acids is 2. The topological polar surface area (TPSA) is 67.4 Å².